The second-order valence-corrected chi connectivity index (χ2v) is 2.80. The molecular weight excluding hydrogens is 146 g/mol. The Labute approximate surface area is 66.2 Å². The molecule has 0 aromatic carbocycles. The minimum atomic E-state index is -0.891. The highest BCUT2D eigenvalue weighted by Gasteiger charge is 2.11. The second-order valence-electron chi connectivity index (χ2n) is 2.80. The molecule has 0 aliphatic carbocycles. The Morgan fingerprint density at radius 3 is 2.36 bits per heavy atom. The fraction of sp³-hybridized carbons (Fsp3) is 0.857. The van der Waals surface area contributed by atoms with Gasteiger partial charge in [0.2, 0.25) is 0 Å². The van der Waals surface area contributed by atoms with Crippen LogP contribution in [0.3, 0.4) is 0 Å². The molecule has 0 aromatic rings. The van der Waals surface area contributed by atoms with Crippen molar-refractivity contribution in [1.29, 1.82) is 0 Å². The van der Waals surface area contributed by atoms with E-state index < -0.39 is 5.97 Å². The maximum absolute atomic E-state index is 10.2. The number of hydrogen-bond donors (Lipinski definition) is 3. The van der Waals surface area contributed by atoms with Gasteiger partial charge < -0.3 is 15.5 Å². The van der Waals surface area contributed by atoms with Crippen LogP contribution in [0.25, 0.3) is 0 Å². The molecule has 0 saturated carbocycles. The molecule has 0 aliphatic heterocycles. The Morgan fingerprint density at radius 1 is 1.55 bits per heavy atom. The van der Waals surface area contributed by atoms with Gasteiger partial charge in [-0.15, -0.1) is 0 Å². The summed E-state index contributed by atoms with van der Waals surface area (Å²) in [5.41, 5.74) is 0. The molecule has 0 amide bonds. The molecule has 0 aliphatic rings. The molecule has 0 unspecified atom stereocenters. The average molecular weight is 161 g/mol. The minimum Gasteiger partial charge on any atom is -0.481 e. The van der Waals surface area contributed by atoms with E-state index >= 15 is 0 Å². The van der Waals surface area contributed by atoms with Gasteiger partial charge in [-0.05, 0) is 0 Å². The van der Waals surface area contributed by atoms with Crippen molar-refractivity contribution in [2.75, 3.05) is 6.61 Å². The van der Waals surface area contributed by atoms with E-state index in [2.05, 4.69) is 5.32 Å². The van der Waals surface area contributed by atoms with Crippen LogP contribution in [0.2, 0.25) is 0 Å². The molecule has 0 aromatic heterocycles. The predicted molar refractivity (Wildman–Crippen MR) is 41.4 cm³/mol. The van der Waals surface area contributed by atoms with Crippen LogP contribution in [0.4, 0.5) is 0 Å². The lowest BCUT2D eigenvalue weighted by molar-refractivity contribution is -0.137. The molecule has 66 valence electrons. The summed E-state index contributed by atoms with van der Waals surface area (Å²) in [6.07, 6.45) is -0.0331. The molecular formula is C7H15NO3. The fourth-order valence-corrected chi connectivity index (χ4v) is 0.858. The summed E-state index contributed by atoms with van der Waals surface area (Å²) in [7, 11) is 0. The standard InChI is InChI=1S/C7H15NO3/c1-5(2)8-6(4-9)3-7(10)11/h5-6,8-9H,3-4H2,1-2H3,(H,10,11)/t6-/m1/s1. The van der Waals surface area contributed by atoms with Gasteiger partial charge >= 0.3 is 5.97 Å². The molecule has 3 N–H and O–H groups in total. The van der Waals surface area contributed by atoms with E-state index in [-0.39, 0.29) is 25.1 Å². The Morgan fingerprint density at radius 2 is 2.09 bits per heavy atom. The lowest BCUT2D eigenvalue weighted by atomic mass is 10.2. The molecule has 0 rings (SSSR count). The number of carboxylic acid groups (broad SMARTS) is 1. The molecule has 0 spiro atoms. The number of aliphatic carboxylic acids is 1. The van der Waals surface area contributed by atoms with E-state index in [9.17, 15) is 4.79 Å². The summed E-state index contributed by atoms with van der Waals surface area (Å²) in [5, 5.41) is 20.0. The summed E-state index contributed by atoms with van der Waals surface area (Å²) in [4.78, 5) is 10.2. The molecule has 0 radical (unpaired) electrons. The highest BCUT2D eigenvalue weighted by Crippen LogP contribution is 1.92. The molecule has 0 bridgehead atoms. The summed E-state index contributed by atoms with van der Waals surface area (Å²) < 4.78 is 0. The smallest absolute Gasteiger partial charge is 0.305 e. The number of aliphatic hydroxyl groups excluding tert-OH is 1. The van der Waals surface area contributed by atoms with Gasteiger partial charge in [0, 0.05) is 12.1 Å². The van der Waals surface area contributed by atoms with E-state index in [0.29, 0.717) is 0 Å². The third kappa shape index (κ3) is 5.82. The zero-order valence-electron chi connectivity index (χ0n) is 6.87. The van der Waals surface area contributed by atoms with Crippen molar-refractivity contribution in [3.8, 4) is 0 Å². The van der Waals surface area contributed by atoms with E-state index in [1.807, 2.05) is 13.8 Å². The SMILES string of the molecule is CC(C)N[C@@H](CO)CC(=O)O. The predicted octanol–water partition coefficient (Wildman–Crippen LogP) is -0.180. The van der Waals surface area contributed by atoms with Crippen LogP contribution in [0.5, 0.6) is 0 Å². The van der Waals surface area contributed by atoms with Gasteiger partial charge in [-0.25, -0.2) is 0 Å². The third-order valence-electron chi connectivity index (χ3n) is 1.21. The van der Waals surface area contributed by atoms with E-state index in [1.54, 1.807) is 0 Å². The van der Waals surface area contributed by atoms with Gasteiger partial charge in [0.1, 0.15) is 0 Å². The summed E-state index contributed by atoms with van der Waals surface area (Å²) in [5.74, 6) is -0.891. The lowest BCUT2D eigenvalue weighted by Gasteiger charge is -2.16. The second kappa shape index (κ2) is 5.09. The van der Waals surface area contributed by atoms with Crippen molar-refractivity contribution in [3.05, 3.63) is 0 Å². The van der Waals surface area contributed by atoms with Crippen LogP contribution in [0.1, 0.15) is 20.3 Å². The van der Waals surface area contributed by atoms with Gasteiger partial charge in [-0.3, -0.25) is 4.79 Å². The van der Waals surface area contributed by atoms with E-state index in [4.69, 9.17) is 10.2 Å². The van der Waals surface area contributed by atoms with Crippen molar-refractivity contribution < 1.29 is 15.0 Å². The van der Waals surface area contributed by atoms with Crippen LogP contribution in [0.15, 0.2) is 0 Å². The van der Waals surface area contributed by atoms with Gasteiger partial charge in [0.25, 0.3) is 0 Å². The molecule has 0 saturated heterocycles. The topological polar surface area (TPSA) is 69.6 Å². The first-order valence-corrected chi connectivity index (χ1v) is 3.65. The first kappa shape index (κ1) is 10.4. The number of hydrogen-bond acceptors (Lipinski definition) is 3. The monoisotopic (exact) mass is 161 g/mol. The van der Waals surface area contributed by atoms with Crippen LogP contribution in [-0.2, 0) is 4.79 Å². The quantitative estimate of drug-likeness (QED) is 0.523. The highest BCUT2D eigenvalue weighted by molar-refractivity contribution is 5.67. The van der Waals surface area contributed by atoms with Crippen molar-refractivity contribution in [1.82, 2.24) is 5.32 Å². The van der Waals surface area contributed by atoms with Crippen LogP contribution >= 0.6 is 0 Å². The molecule has 11 heavy (non-hydrogen) atoms. The Balaban J connectivity index is 3.66. The number of rotatable bonds is 5. The largest absolute Gasteiger partial charge is 0.481 e. The van der Waals surface area contributed by atoms with E-state index in [0.717, 1.165) is 0 Å². The van der Waals surface area contributed by atoms with Gasteiger partial charge in [0.15, 0.2) is 0 Å². The van der Waals surface area contributed by atoms with Gasteiger partial charge in [-0.1, -0.05) is 13.8 Å². The fourth-order valence-electron chi connectivity index (χ4n) is 0.858. The zero-order valence-corrected chi connectivity index (χ0v) is 6.87. The summed E-state index contributed by atoms with van der Waals surface area (Å²) in [6.45, 7) is 3.68. The van der Waals surface area contributed by atoms with Crippen LogP contribution in [0, 0.1) is 0 Å². The number of nitrogens with one attached hydrogen (secondary N) is 1. The first-order chi connectivity index (χ1) is 5.06. The minimum absolute atomic E-state index is 0.0331. The third-order valence-corrected chi connectivity index (χ3v) is 1.21. The van der Waals surface area contributed by atoms with Crippen molar-refractivity contribution in [2.24, 2.45) is 0 Å². The van der Waals surface area contributed by atoms with Crippen LogP contribution in [-0.4, -0.2) is 34.9 Å². The maximum Gasteiger partial charge on any atom is 0.305 e. The average Bonchev–Trinajstić information content (AvgIpc) is 1.84. The number of carboxylic acids is 1. The Kier molecular flexibility index (Phi) is 4.81. The van der Waals surface area contributed by atoms with Crippen molar-refractivity contribution >= 4 is 5.97 Å². The highest BCUT2D eigenvalue weighted by atomic mass is 16.4. The Hall–Kier alpha value is -0.610. The van der Waals surface area contributed by atoms with Crippen LogP contribution < -0.4 is 5.32 Å². The van der Waals surface area contributed by atoms with Crippen molar-refractivity contribution in [3.63, 3.8) is 0 Å². The molecule has 4 nitrogen and oxygen atoms in total. The lowest BCUT2D eigenvalue weighted by Crippen LogP contribution is -2.38. The molecule has 0 fully saturated rings. The molecule has 4 heteroatoms. The number of aliphatic hydroxyl groups is 1. The molecule has 1 atom stereocenters. The zero-order chi connectivity index (χ0) is 8.85. The van der Waals surface area contributed by atoms with Gasteiger partial charge in [-0.2, -0.15) is 0 Å². The summed E-state index contributed by atoms with van der Waals surface area (Å²) in [6, 6.07) is -0.126. The summed E-state index contributed by atoms with van der Waals surface area (Å²) >= 11 is 0. The van der Waals surface area contributed by atoms with Gasteiger partial charge in [0.05, 0.1) is 13.0 Å². The van der Waals surface area contributed by atoms with E-state index in [1.165, 1.54) is 0 Å². The van der Waals surface area contributed by atoms with Crippen molar-refractivity contribution in [2.45, 2.75) is 32.4 Å². The first-order valence-electron chi connectivity index (χ1n) is 3.65. The normalized spacial score (nSPS) is 13.5. The number of carbonyl (C=O) groups is 1. The Bertz CT molecular complexity index is 125. The molecule has 0 heterocycles. The maximum atomic E-state index is 10.2.